The van der Waals surface area contributed by atoms with Crippen molar-refractivity contribution in [3.05, 3.63) is 65.4 Å². The summed E-state index contributed by atoms with van der Waals surface area (Å²) in [4.78, 5) is 5.03. The molecule has 0 radical (unpaired) electrons. The van der Waals surface area contributed by atoms with Gasteiger partial charge in [-0.05, 0) is 56.0 Å². The number of thioether (sulfide) groups is 1. The van der Waals surface area contributed by atoms with Crippen LogP contribution in [0.5, 0.6) is 0 Å². The maximum Gasteiger partial charge on any atom is 0.0476 e. The van der Waals surface area contributed by atoms with Gasteiger partial charge in [-0.15, -0.1) is 11.8 Å². The molecule has 0 saturated carbocycles. The van der Waals surface area contributed by atoms with Crippen molar-refractivity contribution >= 4 is 22.7 Å². The minimum absolute atomic E-state index is 0.470. The van der Waals surface area contributed by atoms with Crippen LogP contribution in [0.2, 0.25) is 0 Å². The lowest BCUT2D eigenvalue weighted by Gasteiger charge is -2.24. The molecule has 4 rings (SSSR count). The van der Waals surface area contributed by atoms with Gasteiger partial charge in [0.1, 0.15) is 0 Å². The van der Waals surface area contributed by atoms with Gasteiger partial charge in [0.05, 0.1) is 0 Å². The molecule has 1 atom stereocenters. The molecule has 2 N–H and O–H groups in total. The first kappa shape index (κ1) is 15.8. The van der Waals surface area contributed by atoms with Crippen LogP contribution >= 0.6 is 11.8 Å². The number of nitrogens with one attached hydrogen (secondary N) is 2. The van der Waals surface area contributed by atoms with Gasteiger partial charge in [0.2, 0.25) is 0 Å². The molecule has 3 heteroatoms. The smallest absolute Gasteiger partial charge is 0.0476 e. The number of hydrogen-bond acceptors (Lipinski definition) is 2. The Morgan fingerprint density at radius 3 is 2.92 bits per heavy atom. The summed E-state index contributed by atoms with van der Waals surface area (Å²) in [6.45, 7) is 3.22. The third-order valence-electron chi connectivity index (χ3n) is 4.87. The van der Waals surface area contributed by atoms with Crippen molar-refractivity contribution in [1.82, 2.24) is 10.3 Å². The van der Waals surface area contributed by atoms with Gasteiger partial charge in [-0.25, -0.2) is 0 Å². The van der Waals surface area contributed by atoms with Gasteiger partial charge in [-0.2, -0.15) is 0 Å². The largest absolute Gasteiger partial charge is 0.357 e. The van der Waals surface area contributed by atoms with Crippen molar-refractivity contribution in [2.24, 2.45) is 0 Å². The van der Waals surface area contributed by atoms with Crippen LogP contribution in [0, 0.1) is 6.92 Å². The van der Waals surface area contributed by atoms with Crippen molar-refractivity contribution in [2.75, 3.05) is 12.3 Å². The van der Waals surface area contributed by atoms with Gasteiger partial charge in [0.25, 0.3) is 0 Å². The fourth-order valence-corrected chi connectivity index (χ4v) is 4.50. The topological polar surface area (TPSA) is 27.8 Å². The highest BCUT2D eigenvalue weighted by molar-refractivity contribution is 7.99. The maximum atomic E-state index is 3.77. The summed E-state index contributed by atoms with van der Waals surface area (Å²) in [5.41, 5.74) is 5.59. The fourth-order valence-electron chi connectivity index (χ4n) is 3.70. The molecule has 2 aromatic carbocycles. The highest BCUT2D eigenvalue weighted by Crippen LogP contribution is 2.35. The number of rotatable bonds is 5. The third kappa shape index (κ3) is 3.24. The molecule has 24 heavy (non-hydrogen) atoms. The van der Waals surface area contributed by atoms with E-state index in [9.17, 15) is 0 Å². The number of aromatic amines is 1. The number of H-pyrrole nitrogens is 1. The summed E-state index contributed by atoms with van der Waals surface area (Å²) in [7, 11) is 0. The van der Waals surface area contributed by atoms with E-state index in [2.05, 4.69) is 65.8 Å². The fraction of sp³-hybridized carbons (Fsp3) is 0.333. The Morgan fingerprint density at radius 1 is 1.17 bits per heavy atom. The molecule has 3 aromatic rings. The Kier molecular flexibility index (Phi) is 4.63. The monoisotopic (exact) mass is 336 g/mol. The maximum absolute atomic E-state index is 3.77. The minimum Gasteiger partial charge on any atom is -0.357 e. The van der Waals surface area contributed by atoms with Gasteiger partial charge < -0.3 is 10.3 Å². The van der Waals surface area contributed by atoms with E-state index >= 15 is 0 Å². The molecule has 0 aliphatic heterocycles. The molecule has 0 bridgehead atoms. The zero-order valence-electron chi connectivity index (χ0n) is 14.1. The van der Waals surface area contributed by atoms with Gasteiger partial charge in [0.15, 0.2) is 0 Å². The van der Waals surface area contributed by atoms with Crippen LogP contribution in [-0.4, -0.2) is 17.3 Å². The Bertz CT molecular complexity index is 822. The van der Waals surface area contributed by atoms with Gasteiger partial charge in [-0.3, -0.25) is 0 Å². The van der Waals surface area contributed by atoms with Crippen LogP contribution in [0.25, 0.3) is 10.9 Å². The molecule has 0 unspecified atom stereocenters. The normalized spacial score (nSPS) is 17.1. The quantitative estimate of drug-likeness (QED) is 0.493. The van der Waals surface area contributed by atoms with Crippen molar-refractivity contribution in [2.45, 2.75) is 37.1 Å². The molecular formula is C21H24N2S. The van der Waals surface area contributed by atoms with Gasteiger partial charge in [-0.1, -0.05) is 29.8 Å². The number of aryl methyl sites for hydroxylation is 2. The first-order chi connectivity index (χ1) is 11.8. The predicted molar refractivity (Wildman–Crippen MR) is 104 cm³/mol. The second-order valence-electron chi connectivity index (χ2n) is 6.63. The third-order valence-corrected chi connectivity index (χ3v) is 5.88. The summed E-state index contributed by atoms with van der Waals surface area (Å²) in [6.07, 6.45) is 3.71. The molecule has 0 amide bonds. The minimum atomic E-state index is 0.470. The lowest BCUT2D eigenvalue weighted by Crippen LogP contribution is -2.27. The molecule has 124 valence electrons. The van der Waals surface area contributed by atoms with E-state index in [4.69, 9.17) is 0 Å². The van der Waals surface area contributed by atoms with E-state index in [1.54, 1.807) is 0 Å². The molecule has 1 aliphatic rings. The van der Waals surface area contributed by atoms with Crippen molar-refractivity contribution in [3.8, 4) is 0 Å². The summed E-state index contributed by atoms with van der Waals surface area (Å²) < 4.78 is 0. The van der Waals surface area contributed by atoms with E-state index in [0.29, 0.717) is 6.04 Å². The van der Waals surface area contributed by atoms with E-state index in [1.165, 1.54) is 51.9 Å². The number of fused-ring (bicyclic) bond motifs is 3. The average Bonchev–Trinajstić information content (AvgIpc) is 2.98. The van der Waals surface area contributed by atoms with E-state index < -0.39 is 0 Å². The molecule has 1 heterocycles. The van der Waals surface area contributed by atoms with Crippen LogP contribution < -0.4 is 5.32 Å². The summed E-state index contributed by atoms with van der Waals surface area (Å²) in [5.74, 6) is 1.11. The SMILES string of the molecule is Cc1ccc2[nH]c3c(c2c1)CCC[C@H]3NCCSc1ccccc1. The molecule has 0 saturated heterocycles. The standard InChI is InChI=1S/C21H24N2S/c1-15-10-11-19-18(14-15)17-8-5-9-20(21(17)23-19)22-12-13-24-16-6-3-2-4-7-16/h2-4,6-7,10-11,14,20,22-23H,5,8-9,12-13H2,1H3/t20-/m1/s1. The average molecular weight is 337 g/mol. The summed E-state index contributed by atoms with van der Waals surface area (Å²) in [6, 6.07) is 17.9. The van der Waals surface area contributed by atoms with Crippen LogP contribution in [-0.2, 0) is 6.42 Å². The van der Waals surface area contributed by atoms with E-state index in [1.807, 2.05) is 11.8 Å². The zero-order chi connectivity index (χ0) is 16.4. The molecule has 0 fully saturated rings. The van der Waals surface area contributed by atoms with Gasteiger partial charge >= 0.3 is 0 Å². The van der Waals surface area contributed by atoms with Crippen molar-refractivity contribution in [1.29, 1.82) is 0 Å². The van der Waals surface area contributed by atoms with Crippen LogP contribution in [0.15, 0.2) is 53.4 Å². The Balaban J connectivity index is 1.43. The second kappa shape index (κ2) is 7.04. The number of hydrogen-bond donors (Lipinski definition) is 2. The predicted octanol–water partition coefficient (Wildman–Crippen LogP) is 5.24. The van der Waals surface area contributed by atoms with Crippen molar-refractivity contribution < 1.29 is 0 Å². The first-order valence-electron chi connectivity index (χ1n) is 8.83. The lowest BCUT2D eigenvalue weighted by atomic mass is 9.91. The van der Waals surface area contributed by atoms with Gasteiger partial charge in [0, 0.05) is 39.8 Å². The van der Waals surface area contributed by atoms with Crippen molar-refractivity contribution in [3.63, 3.8) is 0 Å². The molecule has 1 aromatic heterocycles. The number of aromatic nitrogens is 1. The Labute approximate surface area is 148 Å². The number of benzene rings is 2. The van der Waals surface area contributed by atoms with Crippen LogP contribution in [0.4, 0.5) is 0 Å². The summed E-state index contributed by atoms with van der Waals surface area (Å²) >= 11 is 1.92. The molecule has 1 aliphatic carbocycles. The summed E-state index contributed by atoms with van der Waals surface area (Å²) in [5, 5.41) is 5.20. The molecule has 2 nitrogen and oxygen atoms in total. The highest BCUT2D eigenvalue weighted by atomic mass is 32.2. The second-order valence-corrected chi connectivity index (χ2v) is 7.80. The lowest BCUT2D eigenvalue weighted by molar-refractivity contribution is 0.466. The van der Waals surface area contributed by atoms with E-state index in [0.717, 1.165) is 12.3 Å². The zero-order valence-corrected chi connectivity index (χ0v) is 15.0. The van der Waals surface area contributed by atoms with E-state index in [-0.39, 0.29) is 0 Å². The molecular weight excluding hydrogens is 312 g/mol. The Hall–Kier alpha value is -1.71. The highest BCUT2D eigenvalue weighted by Gasteiger charge is 2.23. The Morgan fingerprint density at radius 2 is 2.04 bits per heavy atom. The molecule has 0 spiro atoms. The van der Waals surface area contributed by atoms with Crippen LogP contribution in [0.3, 0.4) is 0 Å². The van der Waals surface area contributed by atoms with Crippen LogP contribution in [0.1, 0.15) is 35.7 Å². The first-order valence-corrected chi connectivity index (χ1v) is 9.82.